The Kier molecular flexibility index (Phi) is 3.57. The number of aliphatic carboxylic acids is 1. The van der Waals surface area contributed by atoms with Gasteiger partial charge in [-0.05, 0) is 38.0 Å². The lowest BCUT2D eigenvalue weighted by Crippen LogP contribution is -1.99. The summed E-state index contributed by atoms with van der Waals surface area (Å²) in [4.78, 5) is 16.2. The molecule has 0 bridgehead atoms. The summed E-state index contributed by atoms with van der Waals surface area (Å²) in [6, 6.07) is 6.03. The van der Waals surface area contributed by atoms with Crippen LogP contribution in [0.2, 0.25) is 0 Å². The van der Waals surface area contributed by atoms with Gasteiger partial charge in [-0.25, -0.2) is 0 Å². The first-order valence-electron chi connectivity index (χ1n) is 5.71. The van der Waals surface area contributed by atoms with E-state index < -0.39 is 5.97 Å². The summed E-state index contributed by atoms with van der Waals surface area (Å²) >= 11 is 1.35. The summed E-state index contributed by atoms with van der Waals surface area (Å²) in [7, 11) is 0. The van der Waals surface area contributed by atoms with E-state index >= 15 is 0 Å². The zero-order chi connectivity index (χ0) is 13.3. The van der Waals surface area contributed by atoms with Gasteiger partial charge in [0.15, 0.2) is 0 Å². The third-order valence-corrected chi connectivity index (χ3v) is 3.99. The minimum atomic E-state index is -0.800. The molecule has 4 heteroatoms. The standard InChI is InChI=1S/C14H15NO2S/c1-8-4-5-11-12(18-7-13(16)17)6-9(2)15-14(11)10(8)3/h4-6H,7H2,1-3H3,(H,16,17). The Bertz CT molecular complexity index is 623. The molecule has 0 saturated carbocycles. The second-order valence-electron chi connectivity index (χ2n) is 4.35. The van der Waals surface area contributed by atoms with Gasteiger partial charge in [0.2, 0.25) is 0 Å². The second-order valence-corrected chi connectivity index (χ2v) is 5.36. The number of rotatable bonds is 3. The van der Waals surface area contributed by atoms with Gasteiger partial charge in [-0.3, -0.25) is 9.78 Å². The number of nitrogens with zero attached hydrogens (tertiary/aromatic N) is 1. The Labute approximate surface area is 110 Å². The average Bonchev–Trinajstić information content (AvgIpc) is 2.31. The van der Waals surface area contributed by atoms with Crippen molar-refractivity contribution >= 4 is 28.6 Å². The van der Waals surface area contributed by atoms with Crippen molar-refractivity contribution in [1.82, 2.24) is 4.98 Å². The second kappa shape index (κ2) is 4.98. The van der Waals surface area contributed by atoms with Crippen LogP contribution in [0.25, 0.3) is 10.9 Å². The van der Waals surface area contributed by atoms with Crippen molar-refractivity contribution in [3.63, 3.8) is 0 Å². The van der Waals surface area contributed by atoms with E-state index in [0.29, 0.717) is 0 Å². The molecular formula is C14H15NO2S. The molecule has 0 unspecified atom stereocenters. The van der Waals surface area contributed by atoms with Gasteiger partial charge in [0, 0.05) is 16.0 Å². The number of aromatic nitrogens is 1. The van der Waals surface area contributed by atoms with E-state index in [1.807, 2.05) is 19.1 Å². The summed E-state index contributed by atoms with van der Waals surface area (Å²) in [6.07, 6.45) is 0. The molecule has 2 aromatic rings. The quantitative estimate of drug-likeness (QED) is 0.861. The lowest BCUT2D eigenvalue weighted by molar-refractivity contribution is -0.133. The first-order chi connectivity index (χ1) is 8.49. The number of hydrogen-bond donors (Lipinski definition) is 1. The molecule has 1 aromatic heterocycles. The fourth-order valence-electron chi connectivity index (χ4n) is 1.88. The predicted octanol–water partition coefficient (Wildman–Crippen LogP) is 3.34. The Morgan fingerprint density at radius 3 is 2.72 bits per heavy atom. The van der Waals surface area contributed by atoms with Crippen LogP contribution in [0.3, 0.4) is 0 Å². The molecule has 0 radical (unpaired) electrons. The Morgan fingerprint density at radius 1 is 1.33 bits per heavy atom. The van der Waals surface area contributed by atoms with Crippen molar-refractivity contribution in [2.24, 2.45) is 0 Å². The van der Waals surface area contributed by atoms with Gasteiger partial charge in [0.05, 0.1) is 11.3 Å². The van der Waals surface area contributed by atoms with Crippen LogP contribution in [-0.4, -0.2) is 21.8 Å². The van der Waals surface area contributed by atoms with Crippen LogP contribution in [0.4, 0.5) is 0 Å². The van der Waals surface area contributed by atoms with Crippen LogP contribution in [-0.2, 0) is 4.79 Å². The number of benzene rings is 1. The molecule has 0 aliphatic carbocycles. The summed E-state index contributed by atoms with van der Waals surface area (Å²) in [6.45, 7) is 6.05. The zero-order valence-corrected chi connectivity index (χ0v) is 11.5. The van der Waals surface area contributed by atoms with Crippen molar-refractivity contribution in [3.05, 3.63) is 35.0 Å². The third-order valence-electron chi connectivity index (χ3n) is 2.95. The lowest BCUT2D eigenvalue weighted by atomic mass is 10.1. The number of carboxylic acid groups (broad SMARTS) is 1. The predicted molar refractivity (Wildman–Crippen MR) is 74.3 cm³/mol. The molecule has 0 saturated heterocycles. The van der Waals surface area contributed by atoms with Crippen molar-refractivity contribution in [3.8, 4) is 0 Å². The van der Waals surface area contributed by atoms with Crippen LogP contribution < -0.4 is 0 Å². The highest BCUT2D eigenvalue weighted by Crippen LogP contribution is 2.30. The molecule has 0 aliphatic rings. The number of carbonyl (C=O) groups is 1. The minimum Gasteiger partial charge on any atom is -0.481 e. The highest BCUT2D eigenvalue weighted by atomic mass is 32.2. The molecule has 0 atom stereocenters. The van der Waals surface area contributed by atoms with Crippen LogP contribution in [0.5, 0.6) is 0 Å². The van der Waals surface area contributed by atoms with Gasteiger partial charge in [-0.2, -0.15) is 0 Å². The Balaban J connectivity index is 2.59. The van der Waals surface area contributed by atoms with Gasteiger partial charge < -0.3 is 5.11 Å². The van der Waals surface area contributed by atoms with Gasteiger partial charge in [0.25, 0.3) is 0 Å². The van der Waals surface area contributed by atoms with Crippen LogP contribution in [0.15, 0.2) is 23.1 Å². The van der Waals surface area contributed by atoms with Crippen LogP contribution >= 0.6 is 11.8 Å². The monoisotopic (exact) mass is 261 g/mol. The van der Waals surface area contributed by atoms with Gasteiger partial charge >= 0.3 is 5.97 Å². The van der Waals surface area contributed by atoms with E-state index in [1.54, 1.807) is 0 Å². The molecule has 1 N–H and O–H groups in total. The number of aryl methyl sites for hydroxylation is 3. The van der Waals surface area contributed by atoms with Gasteiger partial charge in [-0.15, -0.1) is 11.8 Å². The summed E-state index contributed by atoms with van der Waals surface area (Å²) in [5.41, 5.74) is 4.26. The van der Waals surface area contributed by atoms with Gasteiger partial charge in [-0.1, -0.05) is 12.1 Å². The molecule has 3 nitrogen and oxygen atoms in total. The smallest absolute Gasteiger partial charge is 0.313 e. The summed E-state index contributed by atoms with van der Waals surface area (Å²) in [5, 5.41) is 9.82. The molecule has 0 amide bonds. The van der Waals surface area contributed by atoms with E-state index in [0.717, 1.165) is 27.1 Å². The van der Waals surface area contributed by atoms with E-state index in [4.69, 9.17) is 5.11 Å². The maximum atomic E-state index is 10.7. The first-order valence-corrected chi connectivity index (χ1v) is 6.69. The summed E-state index contributed by atoms with van der Waals surface area (Å²) in [5.74, 6) is -0.725. The highest BCUT2D eigenvalue weighted by Gasteiger charge is 2.09. The van der Waals surface area contributed by atoms with Gasteiger partial charge in [0.1, 0.15) is 0 Å². The topological polar surface area (TPSA) is 50.2 Å². The van der Waals surface area contributed by atoms with Crippen LogP contribution in [0.1, 0.15) is 16.8 Å². The van der Waals surface area contributed by atoms with Crippen molar-refractivity contribution < 1.29 is 9.90 Å². The maximum Gasteiger partial charge on any atom is 0.313 e. The number of thioether (sulfide) groups is 1. The number of carboxylic acids is 1. The summed E-state index contributed by atoms with van der Waals surface area (Å²) < 4.78 is 0. The largest absolute Gasteiger partial charge is 0.481 e. The molecular weight excluding hydrogens is 246 g/mol. The molecule has 0 fully saturated rings. The van der Waals surface area contributed by atoms with Crippen LogP contribution in [0, 0.1) is 20.8 Å². The van der Waals surface area contributed by atoms with E-state index in [2.05, 4.69) is 24.9 Å². The first kappa shape index (κ1) is 12.9. The van der Waals surface area contributed by atoms with E-state index in [9.17, 15) is 4.79 Å². The van der Waals surface area contributed by atoms with Crippen molar-refractivity contribution in [2.45, 2.75) is 25.7 Å². The maximum absolute atomic E-state index is 10.7. The third kappa shape index (κ3) is 2.48. The number of pyridine rings is 1. The molecule has 1 aromatic carbocycles. The number of fused-ring (bicyclic) bond motifs is 1. The fraction of sp³-hybridized carbons (Fsp3) is 0.286. The zero-order valence-electron chi connectivity index (χ0n) is 10.7. The van der Waals surface area contributed by atoms with E-state index in [1.165, 1.54) is 17.3 Å². The number of hydrogen-bond acceptors (Lipinski definition) is 3. The fourth-order valence-corrected chi connectivity index (χ4v) is 2.73. The minimum absolute atomic E-state index is 0.0749. The molecule has 2 rings (SSSR count). The molecule has 18 heavy (non-hydrogen) atoms. The van der Waals surface area contributed by atoms with E-state index in [-0.39, 0.29) is 5.75 Å². The highest BCUT2D eigenvalue weighted by molar-refractivity contribution is 8.00. The SMILES string of the molecule is Cc1cc(SCC(=O)O)c2ccc(C)c(C)c2n1. The molecule has 0 spiro atoms. The van der Waals surface area contributed by atoms with Crippen molar-refractivity contribution in [1.29, 1.82) is 0 Å². The Hall–Kier alpha value is -1.55. The molecule has 0 aliphatic heterocycles. The molecule has 94 valence electrons. The normalized spacial score (nSPS) is 10.8. The Morgan fingerprint density at radius 2 is 2.06 bits per heavy atom. The average molecular weight is 261 g/mol. The molecule has 1 heterocycles. The lowest BCUT2D eigenvalue weighted by Gasteiger charge is -2.10. The van der Waals surface area contributed by atoms with Crippen molar-refractivity contribution in [2.75, 3.05) is 5.75 Å².